The molecule has 0 bridgehead atoms. The Morgan fingerprint density at radius 3 is 2.25 bits per heavy atom. The number of likely N-dealkylation sites (N-methyl/N-ethyl adjacent to an activating group) is 1. The van der Waals surface area contributed by atoms with Crippen LogP contribution in [0, 0.1) is 0 Å². The highest BCUT2D eigenvalue weighted by atomic mass is 15.3. The minimum absolute atomic E-state index is 0.381. The molecule has 0 spiro atoms. The third kappa shape index (κ3) is 3.59. The summed E-state index contributed by atoms with van der Waals surface area (Å²) in [6, 6.07) is 11.2. The van der Waals surface area contributed by atoms with Crippen molar-refractivity contribution in [2.75, 3.05) is 33.2 Å². The first-order valence-corrected chi connectivity index (χ1v) is 7.52. The van der Waals surface area contributed by atoms with Crippen LogP contribution >= 0.6 is 0 Å². The van der Waals surface area contributed by atoms with Crippen LogP contribution in [0.4, 0.5) is 0 Å². The van der Waals surface area contributed by atoms with Crippen LogP contribution in [0.2, 0.25) is 0 Å². The van der Waals surface area contributed by atoms with E-state index in [9.17, 15) is 0 Å². The Bertz CT molecular complexity index is 454. The lowest BCUT2D eigenvalue weighted by Gasteiger charge is -2.39. The molecule has 108 valence electrons. The predicted octanol–water partition coefficient (Wildman–Crippen LogP) is 3.50. The number of hydrogen-bond acceptors (Lipinski definition) is 2. The fourth-order valence-electron chi connectivity index (χ4n) is 2.87. The summed E-state index contributed by atoms with van der Waals surface area (Å²) in [5.74, 6) is 0. The van der Waals surface area contributed by atoms with E-state index in [1.54, 1.807) is 0 Å². The first-order chi connectivity index (χ1) is 9.76. The van der Waals surface area contributed by atoms with Gasteiger partial charge in [0.25, 0.3) is 0 Å². The van der Waals surface area contributed by atoms with Crippen molar-refractivity contribution < 1.29 is 0 Å². The van der Waals surface area contributed by atoms with E-state index < -0.39 is 0 Å². The molecule has 1 aromatic rings. The monoisotopic (exact) mass is 270 g/mol. The van der Waals surface area contributed by atoms with E-state index >= 15 is 0 Å². The van der Waals surface area contributed by atoms with E-state index in [0.29, 0.717) is 6.04 Å². The molecule has 1 fully saturated rings. The van der Waals surface area contributed by atoms with Gasteiger partial charge in [-0.2, -0.15) is 0 Å². The van der Waals surface area contributed by atoms with E-state index in [-0.39, 0.29) is 0 Å². The van der Waals surface area contributed by atoms with Crippen LogP contribution in [0.1, 0.15) is 25.5 Å². The van der Waals surface area contributed by atoms with E-state index in [1.807, 2.05) is 0 Å². The van der Waals surface area contributed by atoms with Crippen LogP contribution in [0.3, 0.4) is 0 Å². The minimum atomic E-state index is 0.381. The first-order valence-electron chi connectivity index (χ1n) is 7.52. The number of rotatable bonds is 4. The number of benzene rings is 1. The molecule has 2 rings (SSSR count). The molecule has 0 N–H and O–H groups in total. The molecule has 1 unspecified atom stereocenters. The summed E-state index contributed by atoms with van der Waals surface area (Å²) in [5, 5.41) is 0. The van der Waals surface area contributed by atoms with Crippen molar-refractivity contribution in [3.05, 3.63) is 59.7 Å². The Kier molecular flexibility index (Phi) is 5.57. The average Bonchev–Trinajstić information content (AvgIpc) is 2.49. The van der Waals surface area contributed by atoms with Gasteiger partial charge in [-0.15, -0.1) is 0 Å². The summed E-state index contributed by atoms with van der Waals surface area (Å²) in [4.78, 5) is 5.01. The Morgan fingerprint density at radius 2 is 1.70 bits per heavy atom. The number of nitrogens with zero attached hydrogens (tertiary/aromatic N) is 2. The summed E-state index contributed by atoms with van der Waals surface area (Å²) in [7, 11) is 2.21. The molecule has 0 amide bonds. The molecule has 0 saturated carbocycles. The van der Waals surface area contributed by atoms with Crippen LogP contribution in [-0.4, -0.2) is 43.0 Å². The second-order valence-corrected chi connectivity index (χ2v) is 5.44. The highest BCUT2D eigenvalue weighted by molar-refractivity contribution is 5.34. The third-order valence-electron chi connectivity index (χ3n) is 4.03. The Morgan fingerprint density at radius 1 is 1.05 bits per heavy atom. The average molecular weight is 270 g/mol. The summed E-state index contributed by atoms with van der Waals surface area (Å²) in [6.07, 6.45) is 6.63. The summed E-state index contributed by atoms with van der Waals surface area (Å²) >= 11 is 0. The van der Waals surface area contributed by atoms with Crippen molar-refractivity contribution in [3.63, 3.8) is 0 Å². The zero-order valence-electron chi connectivity index (χ0n) is 12.9. The molecule has 0 aliphatic carbocycles. The maximum atomic E-state index is 2.60. The fraction of sp³-hybridized carbons (Fsp3) is 0.444. The minimum Gasteiger partial charge on any atom is -0.304 e. The molecule has 1 saturated heterocycles. The lowest BCUT2D eigenvalue weighted by Crippen LogP contribution is -2.46. The molecule has 1 aliphatic rings. The van der Waals surface area contributed by atoms with Crippen molar-refractivity contribution in [1.82, 2.24) is 9.80 Å². The zero-order valence-corrected chi connectivity index (χ0v) is 12.9. The summed E-state index contributed by atoms with van der Waals surface area (Å²) < 4.78 is 0. The maximum absolute atomic E-state index is 2.60. The molecular formula is C18H26N2. The predicted molar refractivity (Wildman–Crippen MR) is 86.8 cm³/mol. The normalized spacial score (nSPS) is 20.4. The molecule has 1 atom stereocenters. The van der Waals surface area contributed by atoms with Gasteiger partial charge in [0.1, 0.15) is 0 Å². The van der Waals surface area contributed by atoms with Crippen LogP contribution in [0.5, 0.6) is 0 Å². The smallest absolute Gasteiger partial charge is 0.0599 e. The molecule has 1 aromatic carbocycles. The van der Waals surface area contributed by atoms with Gasteiger partial charge in [-0.25, -0.2) is 0 Å². The second kappa shape index (κ2) is 7.41. The number of allylic oxidation sites excluding steroid dienone is 2. The van der Waals surface area contributed by atoms with Crippen LogP contribution in [-0.2, 0) is 0 Å². The van der Waals surface area contributed by atoms with E-state index in [0.717, 1.165) is 26.2 Å². The SMILES string of the molecule is C/C=C\C(=C/C)C(c1ccccc1)N1CCN(C)CC1. The zero-order chi connectivity index (χ0) is 14.4. The Balaban J connectivity index is 2.29. The summed E-state index contributed by atoms with van der Waals surface area (Å²) in [6.45, 7) is 8.79. The third-order valence-corrected chi connectivity index (χ3v) is 4.03. The largest absolute Gasteiger partial charge is 0.304 e. The van der Waals surface area contributed by atoms with Gasteiger partial charge in [0.15, 0.2) is 0 Å². The van der Waals surface area contributed by atoms with Crippen molar-refractivity contribution in [2.45, 2.75) is 19.9 Å². The van der Waals surface area contributed by atoms with Gasteiger partial charge >= 0.3 is 0 Å². The van der Waals surface area contributed by atoms with Crippen LogP contribution in [0.25, 0.3) is 0 Å². The molecule has 2 nitrogen and oxygen atoms in total. The molecular weight excluding hydrogens is 244 g/mol. The van der Waals surface area contributed by atoms with E-state index in [4.69, 9.17) is 0 Å². The van der Waals surface area contributed by atoms with Gasteiger partial charge < -0.3 is 4.90 Å². The van der Waals surface area contributed by atoms with Crippen molar-refractivity contribution in [3.8, 4) is 0 Å². The number of hydrogen-bond donors (Lipinski definition) is 0. The van der Waals surface area contributed by atoms with Gasteiger partial charge in [0, 0.05) is 26.2 Å². The van der Waals surface area contributed by atoms with Crippen molar-refractivity contribution >= 4 is 0 Å². The molecule has 1 heterocycles. The van der Waals surface area contributed by atoms with Crippen LogP contribution < -0.4 is 0 Å². The van der Waals surface area contributed by atoms with Crippen molar-refractivity contribution in [1.29, 1.82) is 0 Å². The van der Waals surface area contributed by atoms with E-state index in [1.165, 1.54) is 11.1 Å². The molecule has 0 radical (unpaired) electrons. The Hall–Kier alpha value is -1.38. The highest BCUT2D eigenvalue weighted by Crippen LogP contribution is 2.30. The lowest BCUT2D eigenvalue weighted by atomic mass is 9.95. The van der Waals surface area contributed by atoms with Gasteiger partial charge in [-0.3, -0.25) is 4.90 Å². The van der Waals surface area contributed by atoms with Crippen LogP contribution in [0.15, 0.2) is 54.1 Å². The van der Waals surface area contributed by atoms with Crippen molar-refractivity contribution in [2.24, 2.45) is 0 Å². The first kappa shape index (κ1) is 15.0. The highest BCUT2D eigenvalue weighted by Gasteiger charge is 2.25. The quantitative estimate of drug-likeness (QED) is 0.773. The molecule has 20 heavy (non-hydrogen) atoms. The van der Waals surface area contributed by atoms with Gasteiger partial charge in [0.2, 0.25) is 0 Å². The fourth-order valence-corrected chi connectivity index (χ4v) is 2.87. The summed E-state index contributed by atoms with van der Waals surface area (Å²) in [5.41, 5.74) is 2.78. The number of piperazine rings is 1. The molecule has 1 aliphatic heterocycles. The Labute approximate surface area is 123 Å². The van der Waals surface area contributed by atoms with Gasteiger partial charge in [-0.1, -0.05) is 48.6 Å². The molecule has 0 aromatic heterocycles. The standard InChI is InChI=1S/C18H26N2/c1-4-9-16(5-2)18(17-10-7-6-8-11-17)20-14-12-19(3)13-15-20/h4-11,18H,12-15H2,1-3H3/b9-4-,16-5+. The molecule has 2 heteroatoms. The van der Waals surface area contributed by atoms with E-state index in [2.05, 4.69) is 79.3 Å². The lowest BCUT2D eigenvalue weighted by molar-refractivity contribution is 0.127. The topological polar surface area (TPSA) is 6.48 Å². The van der Waals surface area contributed by atoms with Gasteiger partial charge in [-0.05, 0) is 32.0 Å². The maximum Gasteiger partial charge on any atom is 0.0599 e. The second-order valence-electron chi connectivity index (χ2n) is 5.44. The van der Waals surface area contributed by atoms with Gasteiger partial charge in [0.05, 0.1) is 6.04 Å².